The van der Waals surface area contributed by atoms with Gasteiger partial charge in [0, 0.05) is 0 Å². The molecule has 0 spiro atoms. The summed E-state index contributed by atoms with van der Waals surface area (Å²) >= 11 is 0.379. The molecule has 0 unspecified atom stereocenters. The van der Waals surface area contributed by atoms with Crippen LogP contribution in [0.1, 0.15) is 0 Å². The third kappa shape index (κ3) is 1.15. The van der Waals surface area contributed by atoms with E-state index in [0.717, 1.165) is 5.39 Å². The van der Waals surface area contributed by atoms with Crippen LogP contribution in [0.15, 0.2) is 29.2 Å². The maximum absolute atomic E-state index is 10.4. The summed E-state index contributed by atoms with van der Waals surface area (Å²) in [5.74, 6) is 0. The predicted molar refractivity (Wildman–Crippen MR) is 47.5 cm³/mol. The van der Waals surface area contributed by atoms with Crippen molar-refractivity contribution < 1.29 is 4.92 Å². The molecule has 0 saturated carbocycles. The van der Waals surface area contributed by atoms with Crippen molar-refractivity contribution >= 4 is 29.8 Å². The maximum atomic E-state index is 10.4. The number of nitro benzene ring substituents is 1. The van der Waals surface area contributed by atoms with Crippen LogP contribution in [0.4, 0.5) is 5.69 Å². The Labute approximate surface area is 74.5 Å². The Bertz CT molecular complexity index is 435. The topological polar surface area (TPSA) is 43.1 Å². The van der Waals surface area contributed by atoms with Crippen molar-refractivity contribution in [2.45, 2.75) is 0 Å². The number of nitro groups is 1. The van der Waals surface area contributed by atoms with Crippen molar-refractivity contribution in [3.63, 3.8) is 0 Å². The first kappa shape index (κ1) is 7.52. The monoisotopic (exact) mass is 227 g/mol. The third-order valence-electron chi connectivity index (χ3n) is 1.65. The van der Waals surface area contributed by atoms with Gasteiger partial charge in [-0.3, -0.25) is 0 Å². The molecule has 3 nitrogen and oxygen atoms in total. The summed E-state index contributed by atoms with van der Waals surface area (Å²) in [6.07, 6.45) is 0. The molecular formula is C8H5NO2Se. The molecule has 0 radical (unpaired) electrons. The van der Waals surface area contributed by atoms with Gasteiger partial charge in [-0.25, -0.2) is 0 Å². The van der Waals surface area contributed by atoms with Gasteiger partial charge in [0.1, 0.15) is 0 Å². The van der Waals surface area contributed by atoms with Crippen LogP contribution in [0.5, 0.6) is 0 Å². The van der Waals surface area contributed by atoms with E-state index in [9.17, 15) is 10.1 Å². The van der Waals surface area contributed by atoms with E-state index in [1.807, 2.05) is 12.1 Å². The zero-order valence-electron chi connectivity index (χ0n) is 6.06. The molecule has 0 saturated heterocycles. The predicted octanol–water partition coefficient (Wildman–Crippen LogP) is 1.80. The molecule has 1 aromatic carbocycles. The second-order valence-electron chi connectivity index (χ2n) is 2.40. The molecule has 1 aromatic heterocycles. The Morgan fingerprint density at radius 3 is 2.92 bits per heavy atom. The number of hydrogen-bond acceptors (Lipinski definition) is 2. The van der Waals surface area contributed by atoms with Crippen LogP contribution in [0.2, 0.25) is 0 Å². The van der Waals surface area contributed by atoms with Crippen molar-refractivity contribution in [3.8, 4) is 0 Å². The molecule has 0 fully saturated rings. The van der Waals surface area contributed by atoms with Crippen LogP contribution in [-0.4, -0.2) is 19.4 Å². The molecule has 0 aliphatic heterocycles. The van der Waals surface area contributed by atoms with Crippen molar-refractivity contribution in [1.82, 2.24) is 0 Å². The number of benzene rings is 1. The van der Waals surface area contributed by atoms with Gasteiger partial charge < -0.3 is 0 Å². The van der Waals surface area contributed by atoms with Gasteiger partial charge in [0.25, 0.3) is 0 Å². The number of hydrogen-bond donors (Lipinski definition) is 0. The fourth-order valence-corrected chi connectivity index (χ4v) is 2.69. The molecule has 12 heavy (non-hydrogen) atoms. The van der Waals surface area contributed by atoms with E-state index in [1.54, 1.807) is 12.1 Å². The van der Waals surface area contributed by atoms with Crippen LogP contribution in [0.25, 0.3) is 9.65 Å². The summed E-state index contributed by atoms with van der Waals surface area (Å²) in [5, 5.41) is 11.4. The number of fused-ring (bicyclic) bond motifs is 1. The first-order valence-corrected chi connectivity index (χ1v) is 5.23. The van der Waals surface area contributed by atoms with Crippen LogP contribution in [-0.2, 0) is 0 Å². The van der Waals surface area contributed by atoms with Crippen molar-refractivity contribution in [3.05, 3.63) is 39.3 Å². The third-order valence-corrected chi connectivity index (χ3v) is 3.53. The van der Waals surface area contributed by atoms with E-state index in [1.165, 1.54) is 4.26 Å². The van der Waals surface area contributed by atoms with Gasteiger partial charge in [-0.1, -0.05) is 0 Å². The Balaban J connectivity index is 2.68. The fourth-order valence-electron chi connectivity index (χ4n) is 1.07. The molecule has 60 valence electrons. The molecule has 0 aliphatic rings. The van der Waals surface area contributed by atoms with E-state index in [-0.39, 0.29) is 10.6 Å². The quantitative estimate of drug-likeness (QED) is 0.422. The minimum atomic E-state index is -0.362. The normalized spacial score (nSPS) is 10.3. The van der Waals surface area contributed by atoms with E-state index in [4.69, 9.17) is 0 Å². The first-order valence-electron chi connectivity index (χ1n) is 3.39. The minimum absolute atomic E-state index is 0.177. The van der Waals surface area contributed by atoms with Gasteiger partial charge in [-0.15, -0.1) is 0 Å². The average molecular weight is 226 g/mol. The Morgan fingerprint density at radius 1 is 1.33 bits per heavy atom. The summed E-state index contributed by atoms with van der Waals surface area (Å²) in [5.41, 5.74) is 0.177. The molecule has 4 heteroatoms. The van der Waals surface area contributed by atoms with Gasteiger partial charge in [0.05, 0.1) is 0 Å². The summed E-state index contributed by atoms with van der Waals surface area (Å²) in [4.78, 5) is 12.1. The van der Waals surface area contributed by atoms with E-state index < -0.39 is 0 Å². The molecule has 2 rings (SSSR count). The van der Waals surface area contributed by atoms with Gasteiger partial charge >= 0.3 is 74.1 Å². The Hall–Kier alpha value is -1.12. The molecule has 0 aliphatic carbocycles. The molecule has 0 bridgehead atoms. The molecule has 0 amide bonds. The summed E-state index contributed by atoms with van der Waals surface area (Å²) in [6.45, 7) is 0. The number of rotatable bonds is 1. The summed E-state index contributed by atoms with van der Waals surface area (Å²) in [7, 11) is 0. The number of non-ortho nitro benzene ring substituents is 1. The average Bonchev–Trinajstić information content (AvgIpc) is 2.49. The molecule has 0 N–H and O–H groups in total. The fraction of sp³-hybridized carbons (Fsp3) is 0. The van der Waals surface area contributed by atoms with E-state index in [2.05, 4.69) is 4.94 Å². The van der Waals surface area contributed by atoms with Gasteiger partial charge in [0.2, 0.25) is 0 Å². The van der Waals surface area contributed by atoms with Gasteiger partial charge in [-0.05, 0) is 0 Å². The summed E-state index contributed by atoms with van der Waals surface area (Å²) < 4.78 is 1.23. The van der Waals surface area contributed by atoms with Gasteiger partial charge in [-0.2, -0.15) is 0 Å². The SMILES string of the molecule is O=[N+]([O-])c1ccc2[se]ccc2c1. The van der Waals surface area contributed by atoms with E-state index >= 15 is 0 Å². The zero-order chi connectivity index (χ0) is 8.55. The molecule has 0 atom stereocenters. The van der Waals surface area contributed by atoms with Crippen LogP contribution >= 0.6 is 0 Å². The van der Waals surface area contributed by atoms with Crippen molar-refractivity contribution in [2.24, 2.45) is 0 Å². The van der Waals surface area contributed by atoms with Crippen LogP contribution in [0, 0.1) is 10.1 Å². The Morgan fingerprint density at radius 2 is 2.17 bits per heavy atom. The molecule has 1 heterocycles. The first-order chi connectivity index (χ1) is 5.77. The van der Waals surface area contributed by atoms with Crippen molar-refractivity contribution in [2.75, 3.05) is 0 Å². The second kappa shape index (κ2) is 2.73. The second-order valence-corrected chi connectivity index (χ2v) is 4.39. The van der Waals surface area contributed by atoms with Crippen LogP contribution in [0.3, 0.4) is 0 Å². The standard InChI is InChI=1S/C8H5NO2Se/c10-9(11)7-1-2-8-6(5-7)3-4-12-8/h1-5H. The molecule has 2 aromatic rings. The van der Waals surface area contributed by atoms with E-state index in [0.29, 0.717) is 14.5 Å². The van der Waals surface area contributed by atoms with Gasteiger partial charge in [0.15, 0.2) is 0 Å². The Kier molecular flexibility index (Phi) is 1.71. The van der Waals surface area contributed by atoms with Crippen molar-refractivity contribution in [1.29, 1.82) is 0 Å². The zero-order valence-corrected chi connectivity index (χ0v) is 7.77. The summed E-state index contributed by atoms with van der Waals surface area (Å²) in [6, 6.07) is 6.98. The van der Waals surface area contributed by atoms with Crippen LogP contribution < -0.4 is 0 Å². The molecular weight excluding hydrogens is 221 g/mol. The number of nitrogens with zero attached hydrogens (tertiary/aromatic N) is 1.